The summed E-state index contributed by atoms with van der Waals surface area (Å²) in [6.07, 6.45) is 1.37. The van der Waals surface area contributed by atoms with E-state index in [2.05, 4.69) is 5.16 Å². The molecule has 5 nitrogen and oxygen atoms in total. The minimum absolute atomic E-state index is 0.0604. The monoisotopic (exact) mass is 275 g/mol. The largest absolute Gasteiger partial charge is 0.391 e. The average Bonchev–Trinajstić information content (AvgIpc) is 2.30. The maximum Gasteiger partial charge on any atom is 0.239 e. The zero-order chi connectivity index (χ0) is 12.7. The molecule has 0 saturated heterocycles. The summed E-state index contributed by atoms with van der Waals surface area (Å²) in [5.74, 6) is 4.53. The highest BCUT2D eigenvalue weighted by atomic mass is 35.5. The summed E-state index contributed by atoms with van der Waals surface area (Å²) in [6, 6.07) is 5.07. The first-order valence-electron chi connectivity index (χ1n) is 4.70. The van der Waals surface area contributed by atoms with E-state index < -0.39 is 0 Å². The predicted octanol–water partition coefficient (Wildman–Crippen LogP) is 1.88. The minimum atomic E-state index is -0.345. The zero-order valence-corrected chi connectivity index (χ0v) is 10.3. The van der Waals surface area contributed by atoms with Gasteiger partial charge in [0.15, 0.2) is 0 Å². The van der Waals surface area contributed by atoms with Gasteiger partial charge in [0.1, 0.15) is 6.61 Å². The van der Waals surface area contributed by atoms with Gasteiger partial charge in [-0.1, -0.05) is 34.4 Å². The average molecular weight is 276 g/mol. The molecule has 3 N–H and O–H groups in total. The fourth-order valence-corrected chi connectivity index (χ4v) is 1.44. The van der Waals surface area contributed by atoms with Gasteiger partial charge < -0.3 is 4.84 Å². The molecular formula is C10H11Cl2N3O2. The molecule has 0 radical (unpaired) electrons. The minimum Gasteiger partial charge on any atom is -0.391 e. The van der Waals surface area contributed by atoms with Crippen molar-refractivity contribution in [3.63, 3.8) is 0 Å². The molecule has 0 fully saturated rings. The predicted molar refractivity (Wildman–Crippen MR) is 66.7 cm³/mol. The van der Waals surface area contributed by atoms with Gasteiger partial charge in [-0.25, -0.2) is 5.84 Å². The van der Waals surface area contributed by atoms with Crippen LogP contribution in [0.1, 0.15) is 12.0 Å². The smallest absolute Gasteiger partial charge is 0.239 e. The first-order valence-corrected chi connectivity index (χ1v) is 5.46. The number of hydrogen-bond donors (Lipinski definition) is 2. The van der Waals surface area contributed by atoms with Crippen molar-refractivity contribution in [1.29, 1.82) is 0 Å². The number of amides is 1. The molecule has 0 spiro atoms. The fraction of sp³-hybridized carbons (Fsp3) is 0.200. The van der Waals surface area contributed by atoms with Crippen LogP contribution in [-0.2, 0) is 16.2 Å². The molecular weight excluding hydrogens is 265 g/mol. The molecule has 17 heavy (non-hydrogen) atoms. The highest BCUT2D eigenvalue weighted by Gasteiger charge is 2.01. The Bertz CT molecular complexity index is 424. The van der Waals surface area contributed by atoms with Crippen molar-refractivity contribution in [3.05, 3.63) is 33.8 Å². The lowest BCUT2D eigenvalue weighted by Crippen LogP contribution is -2.29. The Labute approximate surface area is 108 Å². The van der Waals surface area contributed by atoms with Gasteiger partial charge >= 0.3 is 0 Å². The Morgan fingerprint density at radius 3 is 2.94 bits per heavy atom. The summed E-state index contributed by atoms with van der Waals surface area (Å²) in [6.45, 7) is 0.205. The van der Waals surface area contributed by atoms with Crippen LogP contribution in [0.3, 0.4) is 0 Å². The Morgan fingerprint density at radius 1 is 1.53 bits per heavy atom. The van der Waals surface area contributed by atoms with E-state index in [4.69, 9.17) is 33.9 Å². The second-order valence-electron chi connectivity index (χ2n) is 3.07. The summed E-state index contributed by atoms with van der Waals surface area (Å²) in [7, 11) is 0. The van der Waals surface area contributed by atoms with Crippen LogP contribution in [0, 0.1) is 0 Å². The molecule has 0 bridgehead atoms. The van der Waals surface area contributed by atoms with Gasteiger partial charge in [0.05, 0.1) is 12.6 Å². The number of hydrogen-bond acceptors (Lipinski definition) is 4. The van der Waals surface area contributed by atoms with Crippen molar-refractivity contribution < 1.29 is 9.63 Å². The maximum absolute atomic E-state index is 10.7. The lowest BCUT2D eigenvalue weighted by atomic mass is 10.2. The molecule has 0 heterocycles. The summed E-state index contributed by atoms with van der Waals surface area (Å²) in [5.41, 5.74) is 2.73. The number of nitrogens with zero attached hydrogens (tertiary/aromatic N) is 1. The van der Waals surface area contributed by atoms with E-state index >= 15 is 0 Å². The molecule has 92 valence electrons. The van der Waals surface area contributed by atoms with Crippen LogP contribution < -0.4 is 11.3 Å². The number of carbonyl (C=O) groups excluding carboxylic acids is 1. The van der Waals surface area contributed by atoms with Crippen molar-refractivity contribution in [2.75, 3.05) is 0 Å². The summed E-state index contributed by atoms with van der Waals surface area (Å²) in [4.78, 5) is 15.7. The van der Waals surface area contributed by atoms with Crippen molar-refractivity contribution in [3.8, 4) is 0 Å². The molecule has 0 aromatic heterocycles. The summed E-state index contributed by atoms with van der Waals surface area (Å²) in [5, 5.41) is 4.65. The molecule has 0 aliphatic heterocycles. The number of rotatable bonds is 5. The SMILES string of the molecule is NNC(=O)C/C=N/OCc1ccc(Cl)cc1Cl. The molecule has 0 saturated carbocycles. The number of carbonyl (C=O) groups is 1. The maximum atomic E-state index is 10.7. The van der Waals surface area contributed by atoms with E-state index in [-0.39, 0.29) is 18.9 Å². The third-order valence-electron chi connectivity index (χ3n) is 1.82. The first kappa shape index (κ1) is 13.8. The fourth-order valence-electron chi connectivity index (χ4n) is 0.977. The Hall–Kier alpha value is -1.30. The molecule has 0 atom stereocenters. The van der Waals surface area contributed by atoms with E-state index in [1.165, 1.54) is 6.21 Å². The molecule has 1 aromatic rings. The summed E-state index contributed by atoms with van der Waals surface area (Å²) >= 11 is 11.7. The second kappa shape index (κ2) is 7.11. The van der Waals surface area contributed by atoms with Crippen molar-refractivity contribution in [2.45, 2.75) is 13.0 Å². The van der Waals surface area contributed by atoms with Crippen LogP contribution in [0.4, 0.5) is 0 Å². The molecule has 1 rings (SSSR count). The number of oxime groups is 1. The molecule has 0 aliphatic rings. The third kappa shape index (κ3) is 5.04. The van der Waals surface area contributed by atoms with Gasteiger partial charge in [-0.05, 0) is 12.1 Å². The van der Waals surface area contributed by atoms with E-state index in [1.54, 1.807) is 18.2 Å². The zero-order valence-electron chi connectivity index (χ0n) is 8.82. The first-order chi connectivity index (χ1) is 8.13. The highest BCUT2D eigenvalue weighted by Crippen LogP contribution is 2.21. The Kier molecular flexibility index (Phi) is 5.76. The quantitative estimate of drug-likeness (QED) is 0.373. The number of halogens is 2. The van der Waals surface area contributed by atoms with Gasteiger partial charge in [-0.3, -0.25) is 10.2 Å². The highest BCUT2D eigenvalue weighted by molar-refractivity contribution is 6.35. The molecule has 7 heteroatoms. The second-order valence-corrected chi connectivity index (χ2v) is 3.91. The number of nitrogens with one attached hydrogen (secondary N) is 1. The van der Waals surface area contributed by atoms with Crippen molar-refractivity contribution in [1.82, 2.24) is 5.43 Å². The Morgan fingerprint density at radius 2 is 2.29 bits per heavy atom. The molecule has 1 amide bonds. The van der Waals surface area contributed by atoms with Crippen LogP contribution in [-0.4, -0.2) is 12.1 Å². The normalized spacial score (nSPS) is 10.5. The van der Waals surface area contributed by atoms with Gasteiger partial charge in [0.25, 0.3) is 0 Å². The summed E-state index contributed by atoms with van der Waals surface area (Å²) < 4.78 is 0. The van der Waals surface area contributed by atoms with Crippen LogP contribution >= 0.6 is 23.2 Å². The lowest BCUT2D eigenvalue weighted by molar-refractivity contribution is -0.119. The Balaban J connectivity index is 2.38. The van der Waals surface area contributed by atoms with Crippen LogP contribution in [0.15, 0.2) is 23.4 Å². The van der Waals surface area contributed by atoms with Crippen LogP contribution in [0.5, 0.6) is 0 Å². The lowest BCUT2D eigenvalue weighted by Gasteiger charge is -2.02. The van der Waals surface area contributed by atoms with Gasteiger partial charge in [0.2, 0.25) is 5.91 Å². The van der Waals surface area contributed by atoms with Gasteiger partial charge in [-0.2, -0.15) is 0 Å². The topological polar surface area (TPSA) is 76.7 Å². The van der Waals surface area contributed by atoms with Crippen LogP contribution in [0.25, 0.3) is 0 Å². The number of nitrogens with two attached hydrogens (primary N) is 1. The standard InChI is InChI=1S/C10H11Cl2N3O2/c11-8-2-1-7(9(12)5-8)6-17-14-4-3-10(16)15-13/h1-2,4-5H,3,6,13H2,(H,15,16)/b14-4+. The van der Waals surface area contributed by atoms with Crippen LogP contribution in [0.2, 0.25) is 10.0 Å². The number of benzene rings is 1. The number of hydrazine groups is 1. The molecule has 1 aromatic carbocycles. The molecule has 0 aliphatic carbocycles. The third-order valence-corrected chi connectivity index (χ3v) is 2.41. The van der Waals surface area contributed by atoms with E-state index in [0.717, 1.165) is 5.56 Å². The van der Waals surface area contributed by atoms with E-state index in [9.17, 15) is 4.79 Å². The van der Waals surface area contributed by atoms with E-state index in [0.29, 0.717) is 10.0 Å². The molecule has 0 unspecified atom stereocenters. The van der Waals surface area contributed by atoms with E-state index in [1.807, 2.05) is 5.43 Å². The van der Waals surface area contributed by atoms with Gasteiger partial charge in [-0.15, -0.1) is 0 Å². The van der Waals surface area contributed by atoms with Crippen molar-refractivity contribution in [2.24, 2.45) is 11.0 Å². The van der Waals surface area contributed by atoms with Crippen molar-refractivity contribution >= 4 is 35.3 Å². The van der Waals surface area contributed by atoms with Gasteiger partial charge in [0, 0.05) is 15.6 Å².